The maximum atomic E-state index is 12.1. The molecule has 0 aromatic carbocycles. The highest BCUT2D eigenvalue weighted by Gasteiger charge is 2.19. The maximum Gasteiger partial charge on any atom is 0.225 e. The number of hydrogen-bond donors (Lipinski definition) is 1. The van der Waals surface area contributed by atoms with Crippen molar-refractivity contribution in [3.8, 4) is 0 Å². The van der Waals surface area contributed by atoms with E-state index in [0.717, 1.165) is 12.8 Å². The summed E-state index contributed by atoms with van der Waals surface area (Å²) in [5.41, 5.74) is 5.47. The Morgan fingerprint density at radius 3 is 2.41 bits per heavy atom. The molecule has 0 aliphatic heterocycles. The smallest absolute Gasteiger partial charge is 0.225 e. The average molecular weight is 246 g/mol. The van der Waals surface area contributed by atoms with Crippen LogP contribution in [0.1, 0.15) is 19.8 Å². The van der Waals surface area contributed by atoms with E-state index >= 15 is 0 Å². The first-order valence-corrected chi connectivity index (χ1v) is 6.14. The number of nitrogens with zero attached hydrogens (tertiary/aromatic N) is 1. The summed E-state index contributed by atoms with van der Waals surface area (Å²) in [5, 5.41) is 0. The zero-order valence-corrected chi connectivity index (χ0v) is 11.3. The molecule has 17 heavy (non-hydrogen) atoms. The molecule has 0 aromatic heterocycles. The van der Waals surface area contributed by atoms with Crippen LogP contribution in [-0.2, 0) is 14.3 Å². The first-order chi connectivity index (χ1) is 8.17. The Kier molecular flexibility index (Phi) is 10.1. The Labute approximate surface area is 104 Å². The topological polar surface area (TPSA) is 64.8 Å². The van der Waals surface area contributed by atoms with Crippen molar-refractivity contribution < 1.29 is 14.3 Å². The molecular weight excluding hydrogens is 220 g/mol. The Bertz CT molecular complexity index is 200. The van der Waals surface area contributed by atoms with Gasteiger partial charge in [-0.05, 0) is 19.4 Å². The van der Waals surface area contributed by atoms with Gasteiger partial charge in [-0.15, -0.1) is 0 Å². The zero-order chi connectivity index (χ0) is 13.1. The van der Waals surface area contributed by atoms with Gasteiger partial charge < -0.3 is 20.1 Å². The van der Waals surface area contributed by atoms with Gasteiger partial charge in [0.15, 0.2) is 0 Å². The summed E-state index contributed by atoms with van der Waals surface area (Å²) in [5.74, 6) is 0.142. The van der Waals surface area contributed by atoms with E-state index in [-0.39, 0.29) is 11.8 Å². The van der Waals surface area contributed by atoms with Crippen LogP contribution in [0.2, 0.25) is 0 Å². The lowest BCUT2D eigenvalue weighted by atomic mass is 10.1. The van der Waals surface area contributed by atoms with E-state index in [4.69, 9.17) is 15.2 Å². The minimum Gasteiger partial charge on any atom is -0.385 e. The number of carbonyl (C=O) groups is 1. The summed E-state index contributed by atoms with van der Waals surface area (Å²) < 4.78 is 10.0. The summed E-state index contributed by atoms with van der Waals surface area (Å²) in [6, 6.07) is 0. The lowest BCUT2D eigenvalue weighted by Crippen LogP contribution is -2.39. The number of amides is 1. The molecule has 0 aliphatic carbocycles. The van der Waals surface area contributed by atoms with Crippen molar-refractivity contribution in [2.45, 2.75) is 19.8 Å². The Balaban J connectivity index is 4.17. The molecule has 0 rings (SSSR count). The predicted molar refractivity (Wildman–Crippen MR) is 67.8 cm³/mol. The van der Waals surface area contributed by atoms with E-state index in [1.54, 1.807) is 14.2 Å². The van der Waals surface area contributed by atoms with E-state index in [9.17, 15) is 4.79 Å². The van der Waals surface area contributed by atoms with Gasteiger partial charge >= 0.3 is 0 Å². The average Bonchev–Trinajstić information content (AvgIpc) is 2.33. The number of nitrogens with two attached hydrogens (primary N) is 1. The second kappa shape index (κ2) is 10.5. The second-order valence-corrected chi connectivity index (χ2v) is 4.14. The fraction of sp³-hybridized carbons (Fsp3) is 0.917. The molecule has 2 N–H and O–H groups in total. The van der Waals surface area contributed by atoms with Gasteiger partial charge in [0.2, 0.25) is 5.91 Å². The van der Waals surface area contributed by atoms with Gasteiger partial charge in [-0.25, -0.2) is 0 Å². The van der Waals surface area contributed by atoms with Crippen molar-refractivity contribution in [3.63, 3.8) is 0 Å². The van der Waals surface area contributed by atoms with Crippen LogP contribution in [0.4, 0.5) is 0 Å². The number of ether oxygens (including phenoxy) is 2. The standard InChI is InChI=1S/C12H26N2O3/c1-11(5-6-13)12(15)14(8-10-17-3)7-4-9-16-2/h11H,4-10,13H2,1-3H3. The van der Waals surface area contributed by atoms with Crippen molar-refractivity contribution >= 4 is 5.91 Å². The fourth-order valence-corrected chi connectivity index (χ4v) is 1.62. The molecular formula is C12H26N2O3. The van der Waals surface area contributed by atoms with Gasteiger partial charge in [0.25, 0.3) is 0 Å². The number of hydrogen-bond acceptors (Lipinski definition) is 4. The van der Waals surface area contributed by atoms with E-state index in [0.29, 0.717) is 32.8 Å². The monoisotopic (exact) mass is 246 g/mol. The summed E-state index contributed by atoms with van der Waals surface area (Å²) in [6.45, 7) is 5.05. The van der Waals surface area contributed by atoms with Crippen LogP contribution >= 0.6 is 0 Å². The van der Waals surface area contributed by atoms with Crippen LogP contribution in [0.15, 0.2) is 0 Å². The van der Waals surface area contributed by atoms with E-state index in [2.05, 4.69) is 0 Å². The van der Waals surface area contributed by atoms with Crippen LogP contribution < -0.4 is 5.73 Å². The number of rotatable bonds is 10. The summed E-state index contributed by atoms with van der Waals surface area (Å²) >= 11 is 0. The van der Waals surface area contributed by atoms with Crippen molar-refractivity contribution in [2.75, 3.05) is 47.1 Å². The highest BCUT2D eigenvalue weighted by atomic mass is 16.5. The first kappa shape index (κ1) is 16.4. The molecule has 1 unspecified atom stereocenters. The molecule has 5 heteroatoms. The molecule has 0 saturated heterocycles. The van der Waals surface area contributed by atoms with Gasteiger partial charge in [0, 0.05) is 39.8 Å². The molecule has 0 bridgehead atoms. The number of carbonyl (C=O) groups excluding carboxylic acids is 1. The van der Waals surface area contributed by atoms with E-state index in [1.165, 1.54) is 0 Å². The van der Waals surface area contributed by atoms with Crippen molar-refractivity contribution in [1.29, 1.82) is 0 Å². The molecule has 0 radical (unpaired) electrons. The van der Waals surface area contributed by atoms with Crippen molar-refractivity contribution in [3.05, 3.63) is 0 Å². The summed E-state index contributed by atoms with van der Waals surface area (Å²) in [4.78, 5) is 13.9. The zero-order valence-electron chi connectivity index (χ0n) is 11.3. The van der Waals surface area contributed by atoms with Gasteiger partial charge in [-0.3, -0.25) is 4.79 Å². The van der Waals surface area contributed by atoms with E-state index in [1.807, 2.05) is 11.8 Å². The highest BCUT2D eigenvalue weighted by Crippen LogP contribution is 2.07. The summed E-state index contributed by atoms with van der Waals surface area (Å²) in [6.07, 6.45) is 1.58. The molecule has 5 nitrogen and oxygen atoms in total. The Hall–Kier alpha value is -0.650. The normalized spacial score (nSPS) is 12.5. The third-order valence-electron chi connectivity index (χ3n) is 2.67. The van der Waals surface area contributed by atoms with Crippen LogP contribution in [0.5, 0.6) is 0 Å². The Morgan fingerprint density at radius 2 is 1.88 bits per heavy atom. The SMILES string of the molecule is COCCCN(CCOC)C(=O)C(C)CCN. The minimum absolute atomic E-state index is 0.0144. The van der Waals surface area contributed by atoms with Gasteiger partial charge in [-0.1, -0.05) is 6.92 Å². The molecule has 0 fully saturated rings. The van der Waals surface area contributed by atoms with Gasteiger partial charge in [0.1, 0.15) is 0 Å². The first-order valence-electron chi connectivity index (χ1n) is 6.14. The molecule has 102 valence electrons. The molecule has 0 saturated carbocycles. The predicted octanol–water partition coefficient (Wildman–Crippen LogP) is 0.483. The molecule has 0 spiro atoms. The minimum atomic E-state index is -0.0144. The van der Waals surface area contributed by atoms with E-state index < -0.39 is 0 Å². The van der Waals surface area contributed by atoms with Crippen LogP contribution in [0.25, 0.3) is 0 Å². The maximum absolute atomic E-state index is 12.1. The largest absolute Gasteiger partial charge is 0.385 e. The molecule has 0 aromatic rings. The quantitative estimate of drug-likeness (QED) is 0.570. The van der Waals surface area contributed by atoms with Crippen molar-refractivity contribution in [1.82, 2.24) is 4.90 Å². The fourth-order valence-electron chi connectivity index (χ4n) is 1.62. The van der Waals surface area contributed by atoms with Gasteiger partial charge in [0.05, 0.1) is 6.61 Å². The summed E-state index contributed by atoms with van der Waals surface area (Å²) in [7, 11) is 3.31. The number of methoxy groups -OCH3 is 2. The third-order valence-corrected chi connectivity index (χ3v) is 2.67. The third kappa shape index (κ3) is 7.31. The molecule has 1 amide bonds. The highest BCUT2D eigenvalue weighted by molar-refractivity contribution is 5.78. The second-order valence-electron chi connectivity index (χ2n) is 4.14. The van der Waals surface area contributed by atoms with Crippen molar-refractivity contribution in [2.24, 2.45) is 11.7 Å². The van der Waals surface area contributed by atoms with Crippen LogP contribution in [-0.4, -0.2) is 57.9 Å². The molecule has 1 atom stereocenters. The lowest BCUT2D eigenvalue weighted by molar-refractivity contribution is -0.136. The lowest BCUT2D eigenvalue weighted by Gasteiger charge is -2.25. The van der Waals surface area contributed by atoms with Gasteiger partial charge in [-0.2, -0.15) is 0 Å². The van der Waals surface area contributed by atoms with Crippen LogP contribution in [0.3, 0.4) is 0 Å². The van der Waals surface area contributed by atoms with Crippen LogP contribution in [0, 0.1) is 5.92 Å². The molecule has 0 heterocycles. The molecule has 0 aliphatic rings. The Morgan fingerprint density at radius 1 is 1.24 bits per heavy atom.